The summed E-state index contributed by atoms with van der Waals surface area (Å²) < 4.78 is 0. The van der Waals surface area contributed by atoms with E-state index in [2.05, 4.69) is 5.32 Å². The zero-order chi connectivity index (χ0) is 9.97. The minimum absolute atomic E-state index is 0.170. The minimum atomic E-state index is -0.170. The molecule has 0 aromatic carbocycles. The molecule has 2 unspecified atom stereocenters. The summed E-state index contributed by atoms with van der Waals surface area (Å²) >= 11 is 1.67. The maximum atomic E-state index is 9.60. The zero-order valence-corrected chi connectivity index (χ0v) is 8.89. The van der Waals surface area contributed by atoms with Crippen LogP contribution in [0.4, 0.5) is 5.69 Å². The van der Waals surface area contributed by atoms with Crippen molar-refractivity contribution < 1.29 is 5.11 Å². The molecule has 78 valence electrons. The Balaban J connectivity index is 1.85. The smallest absolute Gasteiger partial charge is 0.0693 e. The van der Waals surface area contributed by atoms with Gasteiger partial charge in [-0.2, -0.15) is 0 Å². The van der Waals surface area contributed by atoms with Crippen molar-refractivity contribution in [3.8, 4) is 0 Å². The molecule has 1 aromatic rings. The Bertz CT molecular complexity index is 300. The summed E-state index contributed by atoms with van der Waals surface area (Å²) in [5.41, 5.74) is 6.62. The van der Waals surface area contributed by atoms with Crippen molar-refractivity contribution in [2.24, 2.45) is 0 Å². The van der Waals surface area contributed by atoms with Gasteiger partial charge in [-0.05, 0) is 30.7 Å². The third kappa shape index (κ3) is 2.08. The largest absolute Gasteiger partial charge is 0.398 e. The molecule has 3 nitrogen and oxygen atoms in total. The van der Waals surface area contributed by atoms with Gasteiger partial charge in [-0.1, -0.05) is 0 Å². The molecule has 0 radical (unpaired) electrons. The van der Waals surface area contributed by atoms with Crippen molar-refractivity contribution in [2.45, 2.75) is 38.0 Å². The number of nitrogen functional groups attached to an aromatic ring is 1. The SMILES string of the molecule is Nc1ccsc1CNC1CCCC1O. The zero-order valence-electron chi connectivity index (χ0n) is 8.07. The number of nitrogens with one attached hydrogen (secondary N) is 1. The standard InChI is InChI=1S/C10H16N2OS/c11-7-4-5-14-10(7)6-12-8-2-1-3-9(8)13/h4-5,8-9,12-13H,1-3,6,11H2. The van der Waals surface area contributed by atoms with Gasteiger partial charge in [0.25, 0.3) is 0 Å². The van der Waals surface area contributed by atoms with E-state index in [0.717, 1.165) is 31.5 Å². The number of nitrogens with two attached hydrogens (primary N) is 1. The van der Waals surface area contributed by atoms with E-state index in [1.165, 1.54) is 4.88 Å². The maximum Gasteiger partial charge on any atom is 0.0693 e. The summed E-state index contributed by atoms with van der Waals surface area (Å²) in [6, 6.07) is 2.18. The van der Waals surface area contributed by atoms with Gasteiger partial charge in [0, 0.05) is 23.2 Å². The van der Waals surface area contributed by atoms with Crippen LogP contribution in [0.15, 0.2) is 11.4 Å². The lowest BCUT2D eigenvalue weighted by atomic mass is 10.2. The summed E-state index contributed by atoms with van der Waals surface area (Å²) in [4.78, 5) is 1.17. The predicted octanol–water partition coefficient (Wildman–Crippen LogP) is 1.33. The Hall–Kier alpha value is -0.580. The molecule has 0 amide bonds. The molecule has 4 heteroatoms. The van der Waals surface area contributed by atoms with Gasteiger partial charge >= 0.3 is 0 Å². The van der Waals surface area contributed by atoms with Gasteiger partial charge < -0.3 is 16.2 Å². The summed E-state index contributed by atoms with van der Waals surface area (Å²) in [5, 5.41) is 14.9. The molecule has 1 heterocycles. The fraction of sp³-hybridized carbons (Fsp3) is 0.600. The van der Waals surface area contributed by atoms with Crippen LogP contribution in [0.2, 0.25) is 0 Å². The molecule has 2 rings (SSSR count). The third-order valence-corrected chi connectivity index (χ3v) is 3.72. The average Bonchev–Trinajstić information content (AvgIpc) is 2.72. The molecule has 1 aromatic heterocycles. The van der Waals surface area contributed by atoms with E-state index < -0.39 is 0 Å². The maximum absolute atomic E-state index is 9.60. The predicted molar refractivity (Wildman–Crippen MR) is 59.2 cm³/mol. The van der Waals surface area contributed by atoms with Crippen LogP contribution >= 0.6 is 11.3 Å². The van der Waals surface area contributed by atoms with Crippen molar-refractivity contribution in [2.75, 3.05) is 5.73 Å². The summed E-state index contributed by atoms with van der Waals surface area (Å²) in [6.45, 7) is 0.783. The van der Waals surface area contributed by atoms with Crippen LogP contribution in [0.3, 0.4) is 0 Å². The normalized spacial score (nSPS) is 26.9. The van der Waals surface area contributed by atoms with Crippen molar-refractivity contribution in [3.05, 3.63) is 16.3 Å². The van der Waals surface area contributed by atoms with Gasteiger partial charge in [0.15, 0.2) is 0 Å². The van der Waals surface area contributed by atoms with Crippen molar-refractivity contribution >= 4 is 17.0 Å². The average molecular weight is 212 g/mol. The van der Waals surface area contributed by atoms with Gasteiger partial charge in [0.05, 0.1) is 6.10 Å². The Kier molecular flexibility index (Phi) is 3.05. The van der Waals surface area contributed by atoms with Crippen LogP contribution in [-0.2, 0) is 6.54 Å². The Morgan fingerprint density at radius 1 is 1.57 bits per heavy atom. The molecule has 2 atom stereocenters. The molecule has 14 heavy (non-hydrogen) atoms. The molecule has 1 aliphatic rings. The van der Waals surface area contributed by atoms with Gasteiger partial charge in [0.2, 0.25) is 0 Å². The molecule has 0 aliphatic heterocycles. The van der Waals surface area contributed by atoms with Crippen LogP contribution in [0.5, 0.6) is 0 Å². The van der Waals surface area contributed by atoms with E-state index in [9.17, 15) is 5.11 Å². The highest BCUT2D eigenvalue weighted by molar-refractivity contribution is 7.10. The monoisotopic (exact) mass is 212 g/mol. The first-order valence-corrected chi connectivity index (χ1v) is 5.88. The molecule has 4 N–H and O–H groups in total. The Morgan fingerprint density at radius 3 is 3.00 bits per heavy atom. The molecule has 1 saturated carbocycles. The van der Waals surface area contributed by atoms with Crippen LogP contribution < -0.4 is 11.1 Å². The van der Waals surface area contributed by atoms with Gasteiger partial charge in [-0.3, -0.25) is 0 Å². The first-order valence-electron chi connectivity index (χ1n) is 5.00. The Labute approximate surface area is 87.9 Å². The first kappa shape index (κ1) is 9.96. The van der Waals surface area contributed by atoms with Crippen LogP contribution in [0.1, 0.15) is 24.1 Å². The summed E-state index contributed by atoms with van der Waals surface area (Å²) in [6.07, 6.45) is 2.96. The first-order chi connectivity index (χ1) is 6.77. The number of hydrogen-bond donors (Lipinski definition) is 3. The van der Waals surface area contributed by atoms with Crippen LogP contribution in [0, 0.1) is 0 Å². The highest BCUT2D eigenvalue weighted by atomic mass is 32.1. The van der Waals surface area contributed by atoms with Crippen LogP contribution in [0.25, 0.3) is 0 Å². The number of rotatable bonds is 3. The molecule has 0 spiro atoms. The second kappa shape index (κ2) is 4.29. The van der Waals surface area contributed by atoms with Crippen molar-refractivity contribution in [1.29, 1.82) is 0 Å². The fourth-order valence-electron chi connectivity index (χ4n) is 1.90. The summed E-state index contributed by atoms with van der Waals surface area (Å²) in [7, 11) is 0. The fourth-order valence-corrected chi connectivity index (χ4v) is 2.65. The van der Waals surface area contributed by atoms with E-state index in [1.54, 1.807) is 11.3 Å². The molecule has 1 fully saturated rings. The van der Waals surface area contributed by atoms with E-state index in [-0.39, 0.29) is 12.1 Å². The second-order valence-corrected chi connectivity index (χ2v) is 4.79. The lowest BCUT2D eigenvalue weighted by Gasteiger charge is -2.15. The van der Waals surface area contributed by atoms with Gasteiger partial charge in [0.1, 0.15) is 0 Å². The molecule has 1 aliphatic carbocycles. The lowest BCUT2D eigenvalue weighted by Crippen LogP contribution is -2.34. The highest BCUT2D eigenvalue weighted by Crippen LogP contribution is 2.22. The second-order valence-electron chi connectivity index (χ2n) is 3.78. The van der Waals surface area contributed by atoms with Crippen molar-refractivity contribution in [3.63, 3.8) is 0 Å². The molecular formula is C10H16N2OS. The molecule has 0 bridgehead atoms. The number of aliphatic hydroxyl groups is 1. The number of aliphatic hydroxyl groups excluding tert-OH is 1. The van der Waals surface area contributed by atoms with E-state index >= 15 is 0 Å². The quantitative estimate of drug-likeness (QED) is 0.708. The van der Waals surface area contributed by atoms with Gasteiger partial charge in [-0.15, -0.1) is 11.3 Å². The van der Waals surface area contributed by atoms with E-state index in [1.807, 2.05) is 11.4 Å². The number of anilines is 1. The third-order valence-electron chi connectivity index (χ3n) is 2.78. The van der Waals surface area contributed by atoms with E-state index in [0.29, 0.717) is 0 Å². The Morgan fingerprint density at radius 2 is 2.43 bits per heavy atom. The highest BCUT2D eigenvalue weighted by Gasteiger charge is 2.24. The lowest BCUT2D eigenvalue weighted by molar-refractivity contribution is 0.149. The van der Waals surface area contributed by atoms with E-state index in [4.69, 9.17) is 5.73 Å². The number of hydrogen-bond acceptors (Lipinski definition) is 4. The van der Waals surface area contributed by atoms with Crippen LogP contribution in [-0.4, -0.2) is 17.3 Å². The van der Waals surface area contributed by atoms with Gasteiger partial charge in [-0.25, -0.2) is 0 Å². The minimum Gasteiger partial charge on any atom is -0.398 e. The summed E-state index contributed by atoms with van der Waals surface area (Å²) in [5.74, 6) is 0. The molecule has 0 saturated heterocycles. The molecular weight excluding hydrogens is 196 g/mol. The number of thiophene rings is 1. The topological polar surface area (TPSA) is 58.3 Å². The van der Waals surface area contributed by atoms with Crippen molar-refractivity contribution in [1.82, 2.24) is 5.32 Å².